The van der Waals surface area contributed by atoms with E-state index in [1.807, 2.05) is 0 Å². The summed E-state index contributed by atoms with van der Waals surface area (Å²) in [6.45, 7) is -1.26. The van der Waals surface area contributed by atoms with E-state index >= 15 is 0 Å². The van der Waals surface area contributed by atoms with E-state index in [1.54, 1.807) is 0 Å². The van der Waals surface area contributed by atoms with Crippen LogP contribution in [0.1, 0.15) is 5.56 Å². The van der Waals surface area contributed by atoms with Crippen molar-refractivity contribution in [2.24, 2.45) is 0 Å². The summed E-state index contributed by atoms with van der Waals surface area (Å²) < 4.78 is 0. The SMILES string of the molecule is O=C([C@H](CO)NCCc1c(O)cccc1O)[C@H](O)[C@H](O)CO. The van der Waals surface area contributed by atoms with E-state index in [0.717, 1.165) is 0 Å². The number of aromatic hydroxyl groups is 2. The predicted octanol–water partition coefficient (Wildman–Crippen LogP) is -2.13. The molecule has 22 heavy (non-hydrogen) atoms. The Morgan fingerprint density at radius 1 is 1.09 bits per heavy atom. The minimum atomic E-state index is -1.81. The summed E-state index contributed by atoms with van der Waals surface area (Å²) >= 11 is 0. The molecule has 8 nitrogen and oxygen atoms in total. The zero-order valence-electron chi connectivity index (χ0n) is 11.9. The second kappa shape index (κ2) is 8.66. The molecule has 0 saturated heterocycles. The van der Waals surface area contributed by atoms with Gasteiger partial charge >= 0.3 is 0 Å². The van der Waals surface area contributed by atoms with Crippen LogP contribution in [-0.2, 0) is 11.2 Å². The van der Waals surface area contributed by atoms with Crippen molar-refractivity contribution >= 4 is 5.78 Å². The second-order valence-electron chi connectivity index (χ2n) is 4.81. The van der Waals surface area contributed by atoms with Gasteiger partial charge in [-0.2, -0.15) is 0 Å². The standard InChI is InChI=1S/C14H21NO7/c16-6-9(13(21)14(22)12(20)7-17)15-5-4-8-10(18)2-1-3-11(8)19/h1-3,9,12,14-20,22H,4-7H2/t9-,12+,14+/m0/s1. The lowest BCUT2D eigenvalue weighted by molar-refractivity contribution is -0.137. The van der Waals surface area contributed by atoms with Gasteiger partial charge in [-0.15, -0.1) is 0 Å². The molecule has 3 atom stereocenters. The molecule has 0 saturated carbocycles. The Kier molecular flexibility index (Phi) is 7.22. The van der Waals surface area contributed by atoms with Crippen LogP contribution >= 0.6 is 0 Å². The number of carbonyl (C=O) groups excluding carboxylic acids is 1. The molecule has 8 heteroatoms. The highest BCUT2D eigenvalue weighted by Gasteiger charge is 2.29. The van der Waals surface area contributed by atoms with E-state index in [1.165, 1.54) is 18.2 Å². The van der Waals surface area contributed by atoms with Gasteiger partial charge in [0.2, 0.25) is 0 Å². The molecule has 124 valence electrons. The third kappa shape index (κ3) is 4.65. The fraction of sp³-hybridized carbons (Fsp3) is 0.500. The lowest BCUT2D eigenvalue weighted by Gasteiger charge is -2.21. The number of carbonyl (C=O) groups is 1. The van der Waals surface area contributed by atoms with Gasteiger partial charge in [-0.3, -0.25) is 4.79 Å². The molecule has 0 aliphatic heterocycles. The predicted molar refractivity (Wildman–Crippen MR) is 76.5 cm³/mol. The Balaban J connectivity index is 2.59. The van der Waals surface area contributed by atoms with Crippen molar-refractivity contribution in [3.63, 3.8) is 0 Å². The van der Waals surface area contributed by atoms with Crippen LogP contribution in [0.2, 0.25) is 0 Å². The highest BCUT2D eigenvalue weighted by Crippen LogP contribution is 2.26. The fourth-order valence-electron chi connectivity index (χ4n) is 1.94. The molecule has 1 aromatic rings. The van der Waals surface area contributed by atoms with Crippen LogP contribution < -0.4 is 5.32 Å². The summed E-state index contributed by atoms with van der Waals surface area (Å²) in [5, 5.41) is 58.5. The number of Topliss-reactive ketones (excluding diaryl/α,β-unsaturated/α-hetero) is 1. The Hall–Kier alpha value is -1.71. The van der Waals surface area contributed by atoms with Crippen molar-refractivity contribution < 1.29 is 35.4 Å². The van der Waals surface area contributed by atoms with E-state index in [0.29, 0.717) is 0 Å². The van der Waals surface area contributed by atoms with Crippen molar-refractivity contribution in [2.45, 2.75) is 24.7 Å². The van der Waals surface area contributed by atoms with Crippen LogP contribution in [-0.4, -0.2) is 74.4 Å². The summed E-state index contributed by atoms with van der Waals surface area (Å²) in [5.41, 5.74) is 0.287. The number of nitrogens with one attached hydrogen (secondary N) is 1. The highest BCUT2D eigenvalue weighted by atomic mass is 16.4. The molecule has 0 radical (unpaired) electrons. The number of hydrogen-bond donors (Lipinski definition) is 7. The second-order valence-corrected chi connectivity index (χ2v) is 4.81. The first-order valence-corrected chi connectivity index (χ1v) is 6.77. The number of phenols is 2. The molecule has 0 aromatic heterocycles. The molecule has 0 aliphatic carbocycles. The maximum atomic E-state index is 11.8. The maximum absolute atomic E-state index is 11.8. The molecular formula is C14H21NO7. The first kappa shape index (κ1) is 18.3. The number of phenolic OH excluding ortho intramolecular Hbond substituents is 2. The molecule has 1 rings (SSSR count). The number of benzene rings is 1. The number of hydrogen-bond acceptors (Lipinski definition) is 8. The molecule has 0 spiro atoms. The normalized spacial score (nSPS) is 15.3. The van der Waals surface area contributed by atoms with Crippen molar-refractivity contribution in [3.8, 4) is 11.5 Å². The Labute approximate surface area is 127 Å². The van der Waals surface area contributed by atoms with E-state index in [-0.39, 0.29) is 30.0 Å². The molecule has 1 aromatic carbocycles. The molecule has 0 unspecified atom stereocenters. The minimum Gasteiger partial charge on any atom is -0.508 e. The van der Waals surface area contributed by atoms with E-state index < -0.39 is 37.2 Å². The Bertz CT molecular complexity index is 474. The van der Waals surface area contributed by atoms with E-state index in [2.05, 4.69) is 5.32 Å². The van der Waals surface area contributed by atoms with Crippen LogP contribution in [0.4, 0.5) is 0 Å². The lowest BCUT2D eigenvalue weighted by Crippen LogP contribution is -2.50. The van der Waals surface area contributed by atoms with Gasteiger partial charge in [0.15, 0.2) is 5.78 Å². The van der Waals surface area contributed by atoms with Gasteiger partial charge in [-0.05, 0) is 18.6 Å². The smallest absolute Gasteiger partial charge is 0.183 e. The molecule has 7 N–H and O–H groups in total. The largest absolute Gasteiger partial charge is 0.508 e. The van der Waals surface area contributed by atoms with Crippen LogP contribution in [0.15, 0.2) is 18.2 Å². The van der Waals surface area contributed by atoms with Crippen LogP contribution in [0.5, 0.6) is 11.5 Å². The van der Waals surface area contributed by atoms with Crippen LogP contribution in [0.3, 0.4) is 0 Å². The number of aliphatic hydroxyl groups excluding tert-OH is 4. The lowest BCUT2D eigenvalue weighted by atomic mass is 10.0. The third-order valence-electron chi connectivity index (χ3n) is 3.26. The van der Waals surface area contributed by atoms with Gasteiger partial charge in [0.05, 0.1) is 19.3 Å². The average Bonchev–Trinajstić information content (AvgIpc) is 2.51. The number of rotatable bonds is 9. The minimum absolute atomic E-state index is 0.0931. The van der Waals surface area contributed by atoms with E-state index in [9.17, 15) is 25.2 Å². The summed E-state index contributed by atoms with van der Waals surface area (Å²) in [5.74, 6) is -1.04. The molecule has 0 fully saturated rings. The first-order chi connectivity index (χ1) is 10.4. The molecule has 0 amide bonds. The summed E-state index contributed by atoms with van der Waals surface area (Å²) in [7, 11) is 0. The van der Waals surface area contributed by atoms with Crippen molar-refractivity contribution in [1.82, 2.24) is 5.32 Å². The van der Waals surface area contributed by atoms with Gasteiger partial charge in [-0.25, -0.2) is 0 Å². The molecule has 0 aliphatic rings. The Morgan fingerprint density at radius 3 is 2.18 bits per heavy atom. The highest BCUT2D eigenvalue weighted by molar-refractivity contribution is 5.88. The van der Waals surface area contributed by atoms with Crippen molar-refractivity contribution in [2.75, 3.05) is 19.8 Å². The van der Waals surface area contributed by atoms with Crippen molar-refractivity contribution in [1.29, 1.82) is 0 Å². The maximum Gasteiger partial charge on any atom is 0.183 e. The Morgan fingerprint density at radius 2 is 1.68 bits per heavy atom. The topological polar surface area (TPSA) is 150 Å². The fourth-order valence-corrected chi connectivity index (χ4v) is 1.94. The van der Waals surface area contributed by atoms with Gasteiger partial charge in [0.1, 0.15) is 23.7 Å². The third-order valence-corrected chi connectivity index (χ3v) is 3.26. The van der Waals surface area contributed by atoms with Gasteiger partial charge in [0.25, 0.3) is 0 Å². The molecular weight excluding hydrogens is 294 g/mol. The zero-order valence-corrected chi connectivity index (χ0v) is 11.9. The first-order valence-electron chi connectivity index (χ1n) is 6.77. The van der Waals surface area contributed by atoms with Gasteiger partial charge < -0.3 is 36.0 Å². The van der Waals surface area contributed by atoms with Gasteiger partial charge in [0, 0.05) is 12.1 Å². The van der Waals surface area contributed by atoms with Crippen LogP contribution in [0, 0.1) is 0 Å². The molecule has 0 bridgehead atoms. The van der Waals surface area contributed by atoms with Crippen LogP contribution in [0.25, 0.3) is 0 Å². The average molecular weight is 315 g/mol. The van der Waals surface area contributed by atoms with Crippen molar-refractivity contribution in [3.05, 3.63) is 23.8 Å². The molecule has 0 heterocycles. The number of aliphatic hydroxyl groups is 4. The van der Waals surface area contributed by atoms with E-state index in [4.69, 9.17) is 10.2 Å². The van der Waals surface area contributed by atoms with Gasteiger partial charge in [-0.1, -0.05) is 6.07 Å². The number of ketones is 1. The summed E-state index contributed by atoms with van der Waals surface area (Å²) in [6.07, 6.45) is -3.25. The zero-order chi connectivity index (χ0) is 16.7. The monoisotopic (exact) mass is 315 g/mol. The summed E-state index contributed by atoms with van der Waals surface area (Å²) in [6, 6.07) is 3.16. The summed E-state index contributed by atoms with van der Waals surface area (Å²) in [4.78, 5) is 11.8. The quantitative estimate of drug-likeness (QED) is 0.273.